The van der Waals surface area contributed by atoms with E-state index < -0.39 is 0 Å². The molecule has 0 spiro atoms. The first-order chi connectivity index (χ1) is 18.9. The number of hydrogen-bond acceptors (Lipinski definition) is 6. The number of ether oxygens (including phenoxy) is 2. The molecule has 4 rings (SSSR count). The summed E-state index contributed by atoms with van der Waals surface area (Å²) >= 11 is 0. The van der Waals surface area contributed by atoms with Crippen molar-refractivity contribution >= 4 is 17.5 Å². The van der Waals surface area contributed by atoms with Crippen molar-refractivity contribution < 1.29 is 19.1 Å². The number of anilines is 1. The molecule has 210 valence electrons. The van der Waals surface area contributed by atoms with Crippen LogP contribution in [0.4, 0.5) is 5.69 Å². The molecule has 8 heteroatoms. The second-order valence-electron chi connectivity index (χ2n) is 10.6. The monoisotopic (exact) mass is 534 g/mol. The van der Waals surface area contributed by atoms with Gasteiger partial charge >= 0.3 is 0 Å². The van der Waals surface area contributed by atoms with Crippen LogP contribution in [-0.4, -0.2) is 55.6 Å². The topological polar surface area (TPSA) is 106 Å². The summed E-state index contributed by atoms with van der Waals surface area (Å²) in [6.07, 6.45) is 7.61. The molecule has 0 radical (unpaired) electrons. The van der Waals surface area contributed by atoms with Gasteiger partial charge in [0.25, 0.3) is 5.91 Å². The van der Waals surface area contributed by atoms with Gasteiger partial charge in [0.15, 0.2) is 0 Å². The van der Waals surface area contributed by atoms with E-state index in [1.54, 1.807) is 18.2 Å². The van der Waals surface area contributed by atoms with Crippen molar-refractivity contribution in [1.29, 1.82) is 0 Å². The summed E-state index contributed by atoms with van der Waals surface area (Å²) in [5.41, 5.74) is 7.89. The number of methoxy groups -OCH3 is 1. The molecule has 39 heavy (non-hydrogen) atoms. The molecule has 1 aliphatic heterocycles. The molecule has 1 atom stereocenters. The van der Waals surface area contributed by atoms with Crippen LogP contribution < -0.4 is 21.1 Å². The van der Waals surface area contributed by atoms with E-state index in [-0.39, 0.29) is 30.0 Å². The average Bonchev–Trinajstić information content (AvgIpc) is 3.46. The number of likely N-dealkylation sites (tertiary alicyclic amines) is 1. The number of nitrogens with one attached hydrogen (secondary N) is 2. The number of rotatable bonds is 12. The number of nitrogens with zero attached hydrogens (tertiary/aromatic N) is 1. The molecule has 1 saturated carbocycles. The Kier molecular flexibility index (Phi) is 10.3. The van der Waals surface area contributed by atoms with Gasteiger partial charge in [0.2, 0.25) is 5.91 Å². The lowest BCUT2D eigenvalue weighted by Gasteiger charge is -2.32. The van der Waals surface area contributed by atoms with Crippen LogP contribution in [0.25, 0.3) is 0 Å². The molecular formula is C31H42N4O4. The summed E-state index contributed by atoms with van der Waals surface area (Å²) in [7, 11) is 1.54. The lowest BCUT2D eigenvalue weighted by Crippen LogP contribution is -2.45. The van der Waals surface area contributed by atoms with Crippen LogP contribution in [0.15, 0.2) is 60.9 Å². The van der Waals surface area contributed by atoms with Crippen molar-refractivity contribution in [2.75, 3.05) is 32.5 Å². The molecule has 4 N–H and O–H groups in total. The number of benzene rings is 2. The number of nitrogens with two attached hydrogens (primary N) is 1. The molecule has 2 aromatic carbocycles. The van der Waals surface area contributed by atoms with Crippen molar-refractivity contribution in [2.24, 2.45) is 0 Å². The molecule has 2 aromatic rings. The van der Waals surface area contributed by atoms with Crippen LogP contribution in [0.3, 0.4) is 0 Å². The molecule has 1 aliphatic carbocycles. The maximum absolute atomic E-state index is 12.9. The maximum Gasteiger partial charge on any atom is 0.251 e. The molecule has 2 amide bonds. The van der Waals surface area contributed by atoms with Crippen molar-refractivity contribution in [3.05, 3.63) is 72.0 Å². The van der Waals surface area contributed by atoms with Crippen LogP contribution >= 0.6 is 0 Å². The summed E-state index contributed by atoms with van der Waals surface area (Å²) in [4.78, 5) is 27.9. The Bertz CT molecular complexity index is 1110. The van der Waals surface area contributed by atoms with E-state index in [4.69, 9.17) is 15.2 Å². The van der Waals surface area contributed by atoms with Gasteiger partial charge in [-0.3, -0.25) is 9.59 Å². The molecule has 2 fully saturated rings. The number of amides is 2. The highest BCUT2D eigenvalue weighted by Crippen LogP contribution is 2.28. The van der Waals surface area contributed by atoms with Gasteiger partial charge in [-0.15, -0.1) is 0 Å². The standard InChI is InChI=1S/C31H42N4O4/c1-22(39-26-11-6-7-12-26)30(23-9-4-3-5-10-23)34-29(36)13-8-18-35-19-16-25(17-20-35)33-31(37)24-14-15-27(32)28(21-24)38-2/h3-5,9-10,14-15,21,25-26,30H,1,6-8,11-13,16-20,32H2,2H3,(H,33,37)(H,34,36)/t30-/m0/s1. The summed E-state index contributed by atoms with van der Waals surface area (Å²) in [5, 5.41) is 6.28. The second-order valence-corrected chi connectivity index (χ2v) is 10.6. The lowest BCUT2D eigenvalue weighted by molar-refractivity contribution is -0.122. The van der Waals surface area contributed by atoms with Crippen LogP contribution in [0, 0.1) is 0 Å². The van der Waals surface area contributed by atoms with Crippen LogP contribution in [-0.2, 0) is 9.53 Å². The molecule has 0 unspecified atom stereocenters. The Morgan fingerprint density at radius 2 is 1.79 bits per heavy atom. The van der Waals surface area contributed by atoms with Gasteiger partial charge in [-0.2, -0.15) is 0 Å². The predicted octanol–water partition coefficient (Wildman–Crippen LogP) is 4.58. The summed E-state index contributed by atoms with van der Waals surface area (Å²) in [5.74, 6) is 1.00. The summed E-state index contributed by atoms with van der Waals surface area (Å²) < 4.78 is 11.4. The number of piperidine rings is 1. The van der Waals surface area contributed by atoms with E-state index in [2.05, 4.69) is 22.1 Å². The van der Waals surface area contributed by atoms with E-state index in [0.29, 0.717) is 29.2 Å². The van der Waals surface area contributed by atoms with Gasteiger partial charge in [-0.05, 0) is 75.3 Å². The second kappa shape index (κ2) is 14.0. The highest BCUT2D eigenvalue weighted by molar-refractivity contribution is 5.95. The van der Waals surface area contributed by atoms with Crippen molar-refractivity contribution in [3.63, 3.8) is 0 Å². The number of carbonyl (C=O) groups excluding carboxylic acids is 2. The Labute approximate surface area is 231 Å². The molecular weight excluding hydrogens is 492 g/mol. The van der Waals surface area contributed by atoms with E-state index >= 15 is 0 Å². The zero-order chi connectivity index (χ0) is 27.6. The molecule has 0 bridgehead atoms. The fourth-order valence-electron chi connectivity index (χ4n) is 5.40. The summed E-state index contributed by atoms with van der Waals surface area (Å²) in [6, 6.07) is 14.8. The number of hydrogen-bond donors (Lipinski definition) is 3. The molecule has 1 saturated heterocycles. The van der Waals surface area contributed by atoms with Gasteiger partial charge in [0.1, 0.15) is 17.6 Å². The first-order valence-electron chi connectivity index (χ1n) is 14.1. The Morgan fingerprint density at radius 3 is 2.49 bits per heavy atom. The quantitative estimate of drug-likeness (QED) is 0.272. The molecule has 0 aromatic heterocycles. The van der Waals surface area contributed by atoms with Crippen LogP contribution in [0.5, 0.6) is 5.75 Å². The van der Waals surface area contributed by atoms with Crippen molar-refractivity contribution in [2.45, 2.75) is 69.6 Å². The van der Waals surface area contributed by atoms with Crippen molar-refractivity contribution in [3.8, 4) is 5.75 Å². The minimum atomic E-state index is -0.348. The van der Waals surface area contributed by atoms with Gasteiger partial charge < -0.3 is 30.7 Å². The zero-order valence-electron chi connectivity index (χ0n) is 23.0. The van der Waals surface area contributed by atoms with Gasteiger partial charge in [0, 0.05) is 31.1 Å². The molecule has 1 heterocycles. The lowest BCUT2D eigenvalue weighted by atomic mass is 10.0. The number of carbonyl (C=O) groups is 2. The number of nitrogen functional groups attached to an aromatic ring is 1. The molecule has 2 aliphatic rings. The van der Waals surface area contributed by atoms with Gasteiger partial charge in [0.05, 0.1) is 18.9 Å². The first kappa shape index (κ1) is 28.5. The largest absolute Gasteiger partial charge is 0.495 e. The van der Waals surface area contributed by atoms with E-state index in [9.17, 15) is 9.59 Å². The highest BCUT2D eigenvalue weighted by Gasteiger charge is 2.25. The first-order valence-corrected chi connectivity index (χ1v) is 14.1. The van der Waals surface area contributed by atoms with E-state index in [1.807, 2.05) is 30.3 Å². The van der Waals surface area contributed by atoms with Crippen LogP contribution in [0.2, 0.25) is 0 Å². The Balaban J connectivity index is 1.19. The third-order valence-electron chi connectivity index (χ3n) is 7.68. The minimum absolute atomic E-state index is 0.00102. The SMILES string of the molecule is C=C(OC1CCCC1)[C@H](NC(=O)CCCN1CCC(NC(=O)c2ccc(N)c(OC)c2)CC1)c1ccccc1. The van der Waals surface area contributed by atoms with Gasteiger partial charge in [-0.1, -0.05) is 36.9 Å². The maximum atomic E-state index is 12.9. The Hall–Kier alpha value is -3.52. The van der Waals surface area contributed by atoms with Crippen molar-refractivity contribution in [1.82, 2.24) is 15.5 Å². The Morgan fingerprint density at radius 1 is 1.08 bits per heavy atom. The van der Waals surface area contributed by atoms with E-state index in [1.165, 1.54) is 20.0 Å². The average molecular weight is 535 g/mol. The van der Waals surface area contributed by atoms with Crippen LogP contribution in [0.1, 0.15) is 73.3 Å². The third kappa shape index (κ3) is 8.23. The zero-order valence-corrected chi connectivity index (χ0v) is 23.0. The smallest absolute Gasteiger partial charge is 0.251 e. The normalized spacial score (nSPS) is 17.4. The van der Waals surface area contributed by atoms with E-state index in [0.717, 1.165) is 57.3 Å². The third-order valence-corrected chi connectivity index (χ3v) is 7.68. The molecule has 8 nitrogen and oxygen atoms in total. The highest BCUT2D eigenvalue weighted by atomic mass is 16.5. The predicted molar refractivity (Wildman–Crippen MR) is 153 cm³/mol. The minimum Gasteiger partial charge on any atom is -0.495 e. The summed E-state index contributed by atoms with van der Waals surface area (Å²) in [6.45, 7) is 6.79. The fourth-order valence-corrected chi connectivity index (χ4v) is 5.40. The fraction of sp³-hybridized carbons (Fsp3) is 0.484. The van der Waals surface area contributed by atoms with Gasteiger partial charge in [-0.25, -0.2) is 0 Å².